The van der Waals surface area contributed by atoms with Crippen molar-refractivity contribution in [1.29, 1.82) is 0 Å². The largest absolute Gasteiger partial charge is 0.356 e. The van der Waals surface area contributed by atoms with Gasteiger partial charge in [0.1, 0.15) is 0 Å². The average Bonchev–Trinajstić information content (AvgIpc) is 2.56. The Kier molecular flexibility index (Phi) is 2.73. The highest BCUT2D eigenvalue weighted by Crippen LogP contribution is 2.21. The third-order valence-corrected chi connectivity index (χ3v) is 2.90. The van der Waals surface area contributed by atoms with E-state index in [0.29, 0.717) is 12.3 Å². The van der Waals surface area contributed by atoms with Crippen molar-refractivity contribution in [2.45, 2.75) is 12.8 Å². The molecule has 1 fully saturated rings. The van der Waals surface area contributed by atoms with Crippen LogP contribution in [0.5, 0.6) is 0 Å². The molecule has 1 atom stereocenters. The van der Waals surface area contributed by atoms with Gasteiger partial charge in [0.15, 0.2) is 0 Å². The van der Waals surface area contributed by atoms with Crippen LogP contribution in [0, 0.1) is 5.92 Å². The zero-order valence-electron chi connectivity index (χ0n) is 7.79. The van der Waals surface area contributed by atoms with Crippen LogP contribution >= 0.6 is 11.6 Å². The Balaban J connectivity index is 2.04. The summed E-state index contributed by atoms with van der Waals surface area (Å²) < 4.78 is 0. The smallest absolute Gasteiger partial charge is 0.220 e. The molecule has 1 aliphatic rings. The number of amides is 1. The van der Waals surface area contributed by atoms with Crippen LogP contribution in [0.25, 0.3) is 0 Å². The summed E-state index contributed by atoms with van der Waals surface area (Å²) >= 11 is 6.03. The van der Waals surface area contributed by atoms with Gasteiger partial charge in [0.2, 0.25) is 5.91 Å². The highest BCUT2D eigenvalue weighted by atomic mass is 35.5. The van der Waals surface area contributed by atoms with Crippen LogP contribution in [0.3, 0.4) is 0 Å². The Labute approximate surface area is 88.3 Å². The number of rotatable bonds is 2. The highest BCUT2D eigenvalue weighted by molar-refractivity contribution is 6.31. The van der Waals surface area contributed by atoms with E-state index in [4.69, 9.17) is 11.6 Å². The maximum Gasteiger partial charge on any atom is 0.220 e. The van der Waals surface area contributed by atoms with E-state index in [9.17, 15) is 4.79 Å². The lowest BCUT2D eigenvalue weighted by atomic mass is 9.99. The van der Waals surface area contributed by atoms with Crippen molar-refractivity contribution in [2.24, 2.45) is 5.92 Å². The summed E-state index contributed by atoms with van der Waals surface area (Å²) in [6.07, 6.45) is 1.52. The van der Waals surface area contributed by atoms with E-state index in [2.05, 4.69) is 5.32 Å². The molecule has 0 aromatic heterocycles. The summed E-state index contributed by atoms with van der Waals surface area (Å²) in [5, 5.41) is 3.63. The summed E-state index contributed by atoms with van der Waals surface area (Å²) in [6, 6.07) is 7.81. The van der Waals surface area contributed by atoms with Crippen LogP contribution in [-0.4, -0.2) is 12.5 Å². The fourth-order valence-corrected chi connectivity index (χ4v) is 2.00. The van der Waals surface area contributed by atoms with Crippen LogP contribution in [0.4, 0.5) is 0 Å². The maximum atomic E-state index is 11.0. The van der Waals surface area contributed by atoms with E-state index < -0.39 is 0 Å². The zero-order valence-corrected chi connectivity index (χ0v) is 8.55. The van der Waals surface area contributed by atoms with Gasteiger partial charge in [0.05, 0.1) is 0 Å². The number of benzene rings is 1. The van der Waals surface area contributed by atoms with E-state index in [-0.39, 0.29) is 5.91 Å². The first-order chi connectivity index (χ1) is 6.75. The number of halogens is 1. The standard InChI is InChI=1S/C11H12ClNO/c12-10-4-2-1-3-9(10)5-8-6-11(14)13-7-8/h1-4,8H,5-7H2,(H,13,14). The van der Waals surface area contributed by atoms with Crippen molar-refractivity contribution in [2.75, 3.05) is 6.54 Å². The highest BCUT2D eigenvalue weighted by Gasteiger charge is 2.21. The molecule has 74 valence electrons. The predicted octanol–water partition coefficient (Wildman–Crippen LogP) is 2.02. The fraction of sp³-hybridized carbons (Fsp3) is 0.364. The summed E-state index contributed by atoms with van der Waals surface area (Å²) in [5.74, 6) is 0.560. The van der Waals surface area contributed by atoms with Crippen LogP contribution < -0.4 is 5.32 Å². The van der Waals surface area contributed by atoms with Gasteiger partial charge in [-0.1, -0.05) is 29.8 Å². The van der Waals surface area contributed by atoms with Gasteiger partial charge in [0.25, 0.3) is 0 Å². The minimum Gasteiger partial charge on any atom is -0.356 e. The van der Waals surface area contributed by atoms with Gasteiger partial charge in [-0.3, -0.25) is 4.79 Å². The first kappa shape index (κ1) is 9.53. The van der Waals surface area contributed by atoms with Crippen molar-refractivity contribution in [3.05, 3.63) is 34.9 Å². The minimum absolute atomic E-state index is 0.155. The van der Waals surface area contributed by atoms with Gasteiger partial charge in [0, 0.05) is 18.0 Å². The molecule has 1 heterocycles. The topological polar surface area (TPSA) is 29.1 Å². The molecule has 1 aliphatic heterocycles. The normalized spacial score (nSPS) is 20.9. The Hall–Kier alpha value is -1.02. The van der Waals surface area contributed by atoms with Crippen LogP contribution in [-0.2, 0) is 11.2 Å². The summed E-state index contributed by atoms with van der Waals surface area (Å²) in [7, 11) is 0. The second kappa shape index (κ2) is 4.01. The quantitative estimate of drug-likeness (QED) is 0.794. The molecule has 0 saturated carbocycles. The number of carbonyl (C=O) groups excluding carboxylic acids is 1. The van der Waals surface area contributed by atoms with Gasteiger partial charge in [-0.25, -0.2) is 0 Å². The van der Waals surface area contributed by atoms with Crippen molar-refractivity contribution < 1.29 is 4.79 Å². The van der Waals surface area contributed by atoms with Crippen molar-refractivity contribution in [3.8, 4) is 0 Å². The van der Waals surface area contributed by atoms with Gasteiger partial charge in [-0.2, -0.15) is 0 Å². The van der Waals surface area contributed by atoms with Gasteiger partial charge < -0.3 is 5.32 Å². The van der Waals surface area contributed by atoms with E-state index in [1.54, 1.807) is 0 Å². The van der Waals surface area contributed by atoms with Crippen LogP contribution in [0.2, 0.25) is 5.02 Å². The molecule has 1 N–H and O–H groups in total. The molecule has 2 rings (SSSR count). The lowest BCUT2D eigenvalue weighted by Crippen LogP contribution is -2.14. The molecule has 0 aliphatic carbocycles. The number of hydrogen-bond donors (Lipinski definition) is 1. The molecular weight excluding hydrogens is 198 g/mol. The zero-order chi connectivity index (χ0) is 9.97. The summed E-state index contributed by atoms with van der Waals surface area (Å²) in [5.41, 5.74) is 1.13. The summed E-state index contributed by atoms with van der Waals surface area (Å²) in [4.78, 5) is 11.0. The number of carbonyl (C=O) groups is 1. The average molecular weight is 210 g/mol. The molecular formula is C11H12ClNO. The third-order valence-electron chi connectivity index (χ3n) is 2.53. The second-order valence-corrected chi connectivity index (χ2v) is 4.08. The van der Waals surface area contributed by atoms with Gasteiger partial charge >= 0.3 is 0 Å². The molecule has 2 nitrogen and oxygen atoms in total. The summed E-state index contributed by atoms with van der Waals surface area (Å²) in [6.45, 7) is 0.782. The molecule has 1 amide bonds. The van der Waals surface area contributed by atoms with Crippen molar-refractivity contribution >= 4 is 17.5 Å². The third kappa shape index (κ3) is 2.07. The molecule has 3 heteroatoms. The molecule has 0 spiro atoms. The first-order valence-electron chi connectivity index (χ1n) is 4.76. The Morgan fingerprint density at radius 1 is 1.43 bits per heavy atom. The van der Waals surface area contributed by atoms with Crippen LogP contribution in [0.15, 0.2) is 24.3 Å². The maximum absolute atomic E-state index is 11.0. The van der Waals surface area contributed by atoms with Crippen molar-refractivity contribution in [1.82, 2.24) is 5.32 Å². The van der Waals surface area contributed by atoms with Crippen molar-refractivity contribution in [3.63, 3.8) is 0 Å². The number of nitrogens with one attached hydrogen (secondary N) is 1. The van der Waals surface area contributed by atoms with Crippen LogP contribution in [0.1, 0.15) is 12.0 Å². The molecule has 1 unspecified atom stereocenters. The lowest BCUT2D eigenvalue weighted by Gasteiger charge is -2.08. The SMILES string of the molecule is O=C1CC(Cc2ccccc2Cl)CN1. The van der Waals surface area contributed by atoms with E-state index in [1.165, 1.54) is 0 Å². The predicted molar refractivity (Wildman–Crippen MR) is 56.3 cm³/mol. The van der Waals surface area contributed by atoms with E-state index in [1.807, 2.05) is 24.3 Å². The molecule has 14 heavy (non-hydrogen) atoms. The number of hydrogen-bond acceptors (Lipinski definition) is 1. The minimum atomic E-state index is 0.155. The fourth-order valence-electron chi connectivity index (χ4n) is 1.78. The van der Waals surface area contributed by atoms with Gasteiger partial charge in [-0.05, 0) is 24.0 Å². The van der Waals surface area contributed by atoms with E-state index in [0.717, 1.165) is 23.6 Å². The first-order valence-corrected chi connectivity index (χ1v) is 5.13. The monoisotopic (exact) mass is 209 g/mol. The Morgan fingerprint density at radius 3 is 2.86 bits per heavy atom. The molecule has 1 aromatic carbocycles. The van der Waals surface area contributed by atoms with E-state index >= 15 is 0 Å². The molecule has 0 radical (unpaired) electrons. The molecule has 0 bridgehead atoms. The molecule has 1 saturated heterocycles. The second-order valence-electron chi connectivity index (χ2n) is 3.67. The lowest BCUT2D eigenvalue weighted by molar-refractivity contribution is -0.119. The van der Waals surface area contributed by atoms with Gasteiger partial charge in [-0.15, -0.1) is 0 Å². The Bertz CT molecular complexity index is 351. The molecule has 1 aromatic rings. The Morgan fingerprint density at radius 2 is 2.21 bits per heavy atom.